The van der Waals surface area contributed by atoms with Crippen LogP contribution < -0.4 is 5.73 Å². The Morgan fingerprint density at radius 1 is 1.40 bits per heavy atom. The average molecular weight is 224 g/mol. The number of rotatable bonds is 2. The summed E-state index contributed by atoms with van der Waals surface area (Å²) in [6.07, 6.45) is 4.68. The lowest BCUT2D eigenvalue weighted by Gasteiger charge is -2.11. The standard InChI is InChI=1S/C13H18ClN/c1-9-2-4-11(13(14)6-9)7-10-3-5-12(15)8-10/h2,4,6,10,12H,3,5,7-8,15H2,1H3. The molecule has 2 unspecified atom stereocenters. The van der Waals surface area contributed by atoms with Crippen molar-refractivity contribution >= 4 is 11.6 Å². The molecule has 0 radical (unpaired) electrons. The summed E-state index contributed by atoms with van der Waals surface area (Å²) in [5, 5.41) is 0.912. The van der Waals surface area contributed by atoms with Gasteiger partial charge in [0.05, 0.1) is 0 Å². The van der Waals surface area contributed by atoms with Gasteiger partial charge in [0, 0.05) is 11.1 Å². The third-order valence-corrected chi connectivity index (χ3v) is 3.65. The van der Waals surface area contributed by atoms with Crippen molar-refractivity contribution < 1.29 is 0 Å². The summed E-state index contributed by atoms with van der Waals surface area (Å²) < 4.78 is 0. The fourth-order valence-corrected chi connectivity index (χ4v) is 2.74. The van der Waals surface area contributed by atoms with Crippen molar-refractivity contribution in [2.45, 2.75) is 38.6 Å². The second-order valence-electron chi connectivity index (χ2n) is 4.74. The van der Waals surface area contributed by atoms with Crippen molar-refractivity contribution in [2.75, 3.05) is 0 Å². The van der Waals surface area contributed by atoms with E-state index in [1.165, 1.54) is 24.0 Å². The SMILES string of the molecule is Cc1ccc(CC2CCC(N)C2)c(Cl)c1. The Hall–Kier alpha value is -0.530. The van der Waals surface area contributed by atoms with E-state index in [1.807, 2.05) is 6.07 Å². The molecule has 1 aromatic rings. The van der Waals surface area contributed by atoms with Gasteiger partial charge in [-0.2, -0.15) is 0 Å². The van der Waals surface area contributed by atoms with Gasteiger partial charge in [0.15, 0.2) is 0 Å². The second kappa shape index (κ2) is 4.54. The zero-order valence-corrected chi connectivity index (χ0v) is 9.93. The summed E-state index contributed by atoms with van der Waals surface area (Å²) in [6, 6.07) is 6.75. The van der Waals surface area contributed by atoms with E-state index in [9.17, 15) is 0 Å². The third-order valence-electron chi connectivity index (χ3n) is 3.30. The van der Waals surface area contributed by atoms with E-state index >= 15 is 0 Å². The lowest BCUT2D eigenvalue weighted by molar-refractivity contribution is 0.535. The molecule has 2 rings (SSSR count). The topological polar surface area (TPSA) is 26.0 Å². The number of aryl methyl sites for hydroxylation is 1. The number of benzene rings is 1. The number of hydrogen-bond donors (Lipinski definition) is 1. The Bertz CT molecular complexity index is 348. The molecule has 0 heterocycles. The monoisotopic (exact) mass is 223 g/mol. The average Bonchev–Trinajstić information content (AvgIpc) is 2.56. The number of halogens is 1. The minimum absolute atomic E-state index is 0.416. The van der Waals surface area contributed by atoms with Gasteiger partial charge >= 0.3 is 0 Å². The first kappa shape index (κ1) is 11.0. The van der Waals surface area contributed by atoms with Gasteiger partial charge in [0.1, 0.15) is 0 Å². The predicted molar refractivity (Wildman–Crippen MR) is 65.2 cm³/mol. The molecule has 82 valence electrons. The van der Waals surface area contributed by atoms with Crippen LogP contribution in [0.3, 0.4) is 0 Å². The van der Waals surface area contributed by atoms with E-state index in [0.29, 0.717) is 6.04 Å². The molecular weight excluding hydrogens is 206 g/mol. The van der Waals surface area contributed by atoms with E-state index in [4.69, 9.17) is 17.3 Å². The quantitative estimate of drug-likeness (QED) is 0.818. The first-order chi connectivity index (χ1) is 7.15. The minimum atomic E-state index is 0.416. The molecule has 1 nitrogen and oxygen atoms in total. The predicted octanol–water partition coefficient (Wildman–Crippen LogP) is 3.32. The lowest BCUT2D eigenvalue weighted by atomic mass is 9.97. The first-order valence-electron chi connectivity index (χ1n) is 5.66. The first-order valence-corrected chi connectivity index (χ1v) is 6.03. The fourth-order valence-electron chi connectivity index (χ4n) is 2.43. The molecular formula is C13H18ClN. The van der Waals surface area contributed by atoms with Crippen molar-refractivity contribution in [3.05, 3.63) is 34.3 Å². The van der Waals surface area contributed by atoms with E-state index < -0.39 is 0 Å². The van der Waals surface area contributed by atoms with Gasteiger partial charge in [-0.15, -0.1) is 0 Å². The van der Waals surface area contributed by atoms with Crippen molar-refractivity contribution in [3.8, 4) is 0 Å². The van der Waals surface area contributed by atoms with Crippen molar-refractivity contribution in [3.63, 3.8) is 0 Å². The van der Waals surface area contributed by atoms with Gasteiger partial charge in [-0.3, -0.25) is 0 Å². The maximum absolute atomic E-state index is 6.21. The summed E-state index contributed by atoms with van der Waals surface area (Å²) in [4.78, 5) is 0. The third kappa shape index (κ3) is 2.73. The van der Waals surface area contributed by atoms with Crippen LogP contribution in [0.4, 0.5) is 0 Å². The van der Waals surface area contributed by atoms with Crippen LogP contribution in [-0.2, 0) is 6.42 Å². The molecule has 1 aliphatic rings. The van der Waals surface area contributed by atoms with Gasteiger partial charge in [-0.1, -0.05) is 23.7 Å². The van der Waals surface area contributed by atoms with Gasteiger partial charge in [0.25, 0.3) is 0 Å². The normalized spacial score (nSPS) is 25.8. The molecule has 0 aliphatic heterocycles. The zero-order valence-electron chi connectivity index (χ0n) is 9.17. The molecule has 0 saturated heterocycles. The summed E-state index contributed by atoms with van der Waals surface area (Å²) in [5.74, 6) is 0.736. The van der Waals surface area contributed by atoms with E-state index in [-0.39, 0.29) is 0 Å². The molecule has 0 amide bonds. The van der Waals surface area contributed by atoms with Crippen LogP contribution in [0.5, 0.6) is 0 Å². The molecule has 1 aromatic carbocycles. The van der Waals surface area contributed by atoms with Crippen LogP contribution in [-0.4, -0.2) is 6.04 Å². The summed E-state index contributed by atoms with van der Waals surface area (Å²) in [6.45, 7) is 2.07. The highest BCUT2D eigenvalue weighted by atomic mass is 35.5. The van der Waals surface area contributed by atoms with Gasteiger partial charge < -0.3 is 5.73 Å². The maximum atomic E-state index is 6.21. The summed E-state index contributed by atoms with van der Waals surface area (Å²) in [5.41, 5.74) is 8.42. The smallest absolute Gasteiger partial charge is 0.0440 e. The summed E-state index contributed by atoms with van der Waals surface area (Å²) in [7, 11) is 0. The Morgan fingerprint density at radius 2 is 2.20 bits per heavy atom. The maximum Gasteiger partial charge on any atom is 0.0440 e. The Morgan fingerprint density at radius 3 is 2.80 bits per heavy atom. The van der Waals surface area contributed by atoms with Crippen LogP contribution in [0.2, 0.25) is 5.02 Å². The molecule has 2 atom stereocenters. The molecule has 1 fully saturated rings. The van der Waals surface area contributed by atoms with Crippen LogP contribution in [0.15, 0.2) is 18.2 Å². The van der Waals surface area contributed by atoms with Crippen molar-refractivity contribution in [1.29, 1.82) is 0 Å². The molecule has 1 aliphatic carbocycles. The van der Waals surface area contributed by atoms with Crippen molar-refractivity contribution in [1.82, 2.24) is 0 Å². The van der Waals surface area contributed by atoms with Crippen LogP contribution >= 0.6 is 11.6 Å². The highest BCUT2D eigenvalue weighted by molar-refractivity contribution is 6.31. The zero-order chi connectivity index (χ0) is 10.8. The number of nitrogens with two attached hydrogens (primary N) is 1. The highest BCUT2D eigenvalue weighted by Crippen LogP contribution is 2.30. The van der Waals surface area contributed by atoms with Gasteiger partial charge in [-0.05, 0) is 55.7 Å². The number of hydrogen-bond acceptors (Lipinski definition) is 1. The molecule has 0 spiro atoms. The molecule has 0 bridgehead atoms. The molecule has 2 N–H and O–H groups in total. The Labute approximate surface area is 96.6 Å². The van der Waals surface area contributed by atoms with Gasteiger partial charge in [-0.25, -0.2) is 0 Å². The highest BCUT2D eigenvalue weighted by Gasteiger charge is 2.22. The van der Waals surface area contributed by atoms with E-state index in [0.717, 1.165) is 23.8 Å². The fraction of sp³-hybridized carbons (Fsp3) is 0.538. The lowest BCUT2D eigenvalue weighted by Crippen LogP contribution is -2.15. The second-order valence-corrected chi connectivity index (χ2v) is 5.15. The minimum Gasteiger partial charge on any atom is -0.328 e. The van der Waals surface area contributed by atoms with Crippen LogP contribution in [0.1, 0.15) is 30.4 Å². The van der Waals surface area contributed by atoms with Gasteiger partial charge in [0.2, 0.25) is 0 Å². The van der Waals surface area contributed by atoms with E-state index in [1.54, 1.807) is 0 Å². The van der Waals surface area contributed by atoms with E-state index in [2.05, 4.69) is 19.1 Å². The largest absolute Gasteiger partial charge is 0.328 e. The Kier molecular flexibility index (Phi) is 3.32. The molecule has 15 heavy (non-hydrogen) atoms. The van der Waals surface area contributed by atoms with Crippen molar-refractivity contribution in [2.24, 2.45) is 11.7 Å². The molecule has 1 saturated carbocycles. The Balaban J connectivity index is 2.04. The molecule has 0 aromatic heterocycles. The van der Waals surface area contributed by atoms with Crippen LogP contribution in [0, 0.1) is 12.8 Å². The summed E-state index contributed by atoms with van der Waals surface area (Å²) >= 11 is 6.21. The molecule has 2 heteroatoms. The van der Waals surface area contributed by atoms with Crippen LogP contribution in [0.25, 0.3) is 0 Å².